The summed E-state index contributed by atoms with van der Waals surface area (Å²) in [5.41, 5.74) is 4.37. The molecular weight excluding hydrogens is 713 g/mol. The van der Waals surface area contributed by atoms with Crippen LogP contribution in [0.2, 0.25) is 0 Å². The number of benzene rings is 6. The summed E-state index contributed by atoms with van der Waals surface area (Å²) in [6.45, 7) is 8.69. The van der Waals surface area contributed by atoms with Crippen LogP contribution >= 0.6 is 0 Å². The number of esters is 2. The minimum atomic E-state index is -0.177. The first kappa shape index (κ1) is 42.9. The summed E-state index contributed by atoms with van der Waals surface area (Å²) in [6, 6.07) is 29.6. The molecule has 0 fully saturated rings. The third-order valence-corrected chi connectivity index (χ3v) is 11.9. The molecule has 0 bridgehead atoms. The maximum Gasteiger partial charge on any atom is 0.311 e. The van der Waals surface area contributed by atoms with Crippen molar-refractivity contribution < 1.29 is 19.1 Å². The van der Waals surface area contributed by atoms with Crippen molar-refractivity contribution in [2.75, 3.05) is 0 Å². The fraction of sp³-hybridized carbons (Fsp3) is 0.444. The van der Waals surface area contributed by atoms with Gasteiger partial charge < -0.3 is 9.47 Å². The van der Waals surface area contributed by atoms with Crippen molar-refractivity contribution in [2.45, 2.75) is 156 Å². The average Bonchev–Trinajstić information content (AvgIpc) is 3.23. The molecule has 0 amide bonds. The van der Waals surface area contributed by atoms with Gasteiger partial charge in [0.1, 0.15) is 11.5 Å². The van der Waals surface area contributed by atoms with Crippen LogP contribution in [0.1, 0.15) is 153 Å². The first-order chi connectivity index (χ1) is 28.4. The average molecular weight is 779 g/mol. The third-order valence-electron chi connectivity index (χ3n) is 11.9. The van der Waals surface area contributed by atoms with Gasteiger partial charge in [0.15, 0.2) is 0 Å². The van der Waals surface area contributed by atoms with Gasteiger partial charge in [0.05, 0.1) is 0 Å². The summed E-state index contributed by atoms with van der Waals surface area (Å²) in [5, 5.41) is 7.77. The Bertz CT molecular complexity index is 2140. The third kappa shape index (κ3) is 10.9. The lowest BCUT2D eigenvalue weighted by Crippen LogP contribution is -2.09. The molecule has 0 aliphatic heterocycles. The summed E-state index contributed by atoms with van der Waals surface area (Å²) in [4.78, 5) is 27.1. The molecule has 306 valence electrons. The molecule has 4 heteroatoms. The molecule has 0 N–H and O–H groups in total. The quantitative estimate of drug-likeness (QED) is 0.0281. The van der Waals surface area contributed by atoms with Crippen LogP contribution in [0.3, 0.4) is 0 Å². The van der Waals surface area contributed by atoms with Gasteiger partial charge in [0.25, 0.3) is 0 Å². The molecule has 0 saturated heterocycles. The summed E-state index contributed by atoms with van der Waals surface area (Å²) < 4.78 is 12.8. The van der Waals surface area contributed by atoms with Gasteiger partial charge >= 0.3 is 11.9 Å². The van der Waals surface area contributed by atoms with Crippen molar-refractivity contribution in [1.29, 1.82) is 0 Å². The molecule has 0 heterocycles. The van der Waals surface area contributed by atoms with E-state index in [2.05, 4.69) is 100 Å². The van der Waals surface area contributed by atoms with Crippen LogP contribution in [-0.2, 0) is 9.59 Å². The molecule has 6 aromatic carbocycles. The molecule has 0 aromatic heterocycles. The van der Waals surface area contributed by atoms with Crippen molar-refractivity contribution in [3.05, 3.63) is 96.1 Å². The van der Waals surface area contributed by atoms with E-state index in [0.717, 1.165) is 104 Å². The molecule has 6 rings (SSSR count). The summed E-state index contributed by atoms with van der Waals surface area (Å²) >= 11 is 0. The van der Waals surface area contributed by atoms with Gasteiger partial charge in [0, 0.05) is 34.4 Å². The highest BCUT2D eigenvalue weighted by molar-refractivity contribution is 6.27. The van der Waals surface area contributed by atoms with Gasteiger partial charge in [-0.2, -0.15) is 0 Å². The van der Waals surface area contributed by atoms with Crippen LogP contribution in [0.15, 0.2) is 84.9 Å². The normalized spacial score (nSPS) is 11.6. The van der Waals surface area contributed by atoms with Crippen molar-refractivity contribution in [1.82, 2.24) is 0 Å². The Hall–Kier alpha value is -4.70. The van der Waals surface area contributed by atoms with E-state index >= 15 is 0 Å². The highest BCUT2D eigenvalue weighted by Crippen LogP contribution is 2.50. The molecule has 0 saturated carbocycles. The fourth-order valence-corrected chi connectivity index (χ4v) is 8.75. The molecule has 0 aliphatic carbocycles. The van der Waals surface area contributed by atoms with E-state index in [1.165, 1.54) is 77.0 Å². The van der Waals surface area contributed by atoms with Gasteiger partial charge in [-0.1, -0.05) is 201 Å². The van der Waals surface area contributed by atoms with E-state index in [1.807, 2.05) is 12.1 Å². The lowest BCUT2D eigenvalue weighted by atomic mass is 9.85. The standard InChI is InChI=1S/C54H66O4/c1-5-7-9-11-13-15-17-19-21-31-49(55)57-53-45-29-25-23-27-41(45)51(43-35-33-39(3)37-47(43)53)52-42-28-24-26-30-46(42)54(48-38-40(4)34-36-44(48)52)58-50(56)32-22-20-18-16-14-12-10-8-6-2/h23-30,33-38H,5-22,31-32H2,1-4H3. The number of hydrogen-bond donors (Lipinski definition) is 0. The first-order valence-electron chi connectivity index (χ1n) is 22.7. The van der Waals surface area contributed by atoms with Crippen molar-refractivity contribution >= 4 is 55.0 Å². The number of fused-ring (bicyclic) bond motifs is 4. The Morgan fingerprint density at radius 2 is 0.690 bits per heavy atom. The Kier molecular flexibility index (Phi) is 16.2. The Morgan fingerprint density at radius 1 is 0.379 bits per heavy atom. The Morgan fingerprint density at radius 3 is 1.05 bits per heavy atom. The second kappa shape index (κ2) is 21.9. The minimum Gasteiger partial charge on any atom is -0.425 e. The van der Waals surface area contributed by atoms with E-state index in [1.54, 1.807) is 0 Å². The number of rotatable bonds is 23. The second-order valence-corrected chi connectivity index (χ2v) is 16.7. The molecule has 0 unspecified atom stereocenters. The molecule has 0 radical (unpaired) electrons. The lowest BCUT2D eigenvalue weighted by molar-refractivity contribution is -0.135. The summed E-state index contributed by atoms with van der Waals surface area (Å²) in [5.74, 6) is 0.906. The lowest BCUT2D eigenvalue weighted by Gasteiger charge is -2.22. The number of unbranched alkanes of at least 4 members (excludes halogenated alkanes) is 16. The van der Waals surface area contributed by atoms with Crippen LogP contribution in [0, 0.1) is 13.8 Å². The number of hydrogen-bond acceptors (Lipinski definition) is 4. The largest absolute Gasteiger partial charge is 0.425 e. The van der Waals surface area contributed by atoms with Crippen LogP contribution < -0.4 is 9.47 Å². The monoisotopic (exact) mass is 778 g/mol. The first-order valence-corrected chi connectivity index (χ1v) is 22.7. The maximum absolute atomic E-state index is 13.5. The molecule has 6 aromatic rings. The maximum atomic E-state index is 13.5. The van der Waals surface area contributed by atoms with E-state index < -0.39 is 0 Å². The van der Waals surface area contributed by atoms with E-state index in [9.17, 15) is 9.59 Å². The predicted octanol–water partition coefficient (Wildman–Crippen LogP) is 16.2. The molecule has 0 aliphatic rings. The molecule has 0 atom stereocenters. The van der Waals surface area contributed by atoms with Gasteiger partial charge in [-0.05, 0) is 71.5 Å². The van der Waals surface area contributed by atoms with E-state index in [4.69, 9.17) is 9.47 Å². The highest BCUT2D eigenvalue weighted by Gasteiger charge is 2.24. The smallest absolute Gasteiger partial charge is 0.311 e. The minimum absolute atomic E-state index is 0.177. The number of carbonyl (C=O) groups excluding carboxylic acids is 2. The zero-order chi connectivity index (χ0) is 40.7. The Balaban J connectivity index is 1.32. The van der Waals surface area contributed by atoms with Crippen molar-refractivity contribution in [3.8, 4) is 22.6 Å². The highest BCUT2D eigenvalue weighted by atomic mass is 16.5. The number of carbonyl (C=O) groups is 2. The molecule has 58 heavy (non-hydrogen) atoms. The second-order valence-electron chi connectivity index (χ2n) is 16.7. The van der Waals surface area contributed by atoms with Crippen LogP contribution in [0.25, 0.3) is 54.2 Å². The van der Waals surface area contributed by atoms with Crippen LogP contribution in [0.4, 0.5) is 0 Å². The van der Waals surface area contributed by atoms with E-state index in [0.29, 0.717) is 24.3 Å². The van der Waals surface area contributed by atoms with Crippen LogP contribution in [-0.4, -0.2) is 11.9 Å². The van der Waals surface area contributed by atoms with Gasteiger partial charge in [-0.15, -0.1) is 0 Å². The molecule has 4 nitrogen and oxygen atoms in total. The van der Waals surface area contributed by atoms with Crippen molar-refractivity contribution in [3.63, 3.8) is 0 Å². The molecular formula is C54H66O4. The zero-order valence-electron chi connectivity index (χ0n) is 35.9. The fourth-order valence-electron chi connectivity index (χ4n) is 8.75. The SMILES string of the molecule is CCCCCCCCCCCC(=O)Oc1c2ccccc2c(-c2c3ccccc3c(OC(=O)CCCCCCCCCCC)c3cc(C)ccc23)c2ccc(C)cc12. The molecule has 0 spiro atoms. The summed E-state index contributed by atoms with van der Waals surface area (Å²) in [7, 11) is 0. The number of aryl methyl sites for hydroxylation is 2. The van der Waals surface area contributed by atoms with Gasteiger partial charge in [-0.25, -0.2) is 0 Å². The van der Waals surface area contributed by atoms with Crippen molar-refractivity contribution in [2.24, 2.45) is 0 Å². The van der Waals surface area contributed by atoms with Gasteiger partial charge in [0.2, 0.25) is 0 Å². The number of ether oxygens (including phenoxy) is 2. The van der Waals surface area contributed by atoms with Crippen LogP contribution in [0.5, 0.6) is 11.5 Å². The van der Waals surface area contributed by atoms with Gasteiger partial charge in [-0.3, -0.25) is 9.59 Å². The van der Waals surface area contributed by atoms with E-state index in [-0.39, 0.29) is 11.9 Å². The summed E-state index contributed by atoms with van der Waals surface area (Å²) in [6.07, 6.45) is 22.4. The zero-order valence-corrected chi connectivity index (χ0v) is 35.9. The topological polar surface area (TPSA) is 52.6 Å². The predicted molar refractivity (Wildman–Crippen MR) is 246 cm³/mol. The Labute approximate surface area is 347 Å².